The van der Waals surface area contributed by atoms with Gasteiger partial charge in [-0.15, -0.1) is 11.3 Å². The summed E-state index contributed by atoms with van der Waals surface area (Å²) in [5, 5.41) is 10.6. The van der Waals surface area contributed by atoms with Gasteiger partial charge in [0.25, 0.3) is 0 Å². The molecule has 1 atom stereocenters. The van der Waals surface area contributed by atoms with E-state index in [1.54, 1.807) is 25.4 Å². The van der Waals surface area contributed by atoms with Gasteiger partial charge in [-0.2, -0.15) is 0 Å². The molecule has 0 saturated carbocycles. The standard InChI is InChI=1S/C14H17NO2S/c1-9-14(10(2)16)18-13(15-9)8-11-4-6-12(17-3)7-5-11/h4-7,10,16H,8H2,1-3H3. The van der Waals surface area contributed by atoms with Crippen LogP contribution in [0.1, 0.15) is 34.2 Å². The fourth-order valence-electron chi connectivity index (χ4n) is 1.85. The van der Waals surface area contributed by atoms with Crippen molar-refractivity contribution < 1.29 is 9.84 Å². The molecule has 0 spiro atoms. The van der Waals surface area contributed by atoms with E-state index in [1.807, 2.05) is 31.2 Å². The third-order valence-electron chi connectivity index (χ3n) is 2.77. The van der Waals surface area contributed by atoms with Crippen LogP contribution in [0.15, 0.2) is 24.3 Å². The highest BCUT2D eigenvalue weighted by molar-refractivity contribution is 7.11. The Morgan fingerprint density at radius 2 is 2.00 bits per heavy atom. The number of aliphatic hydroxyl groups excluding tert-OH is 1. The summed E-state index contributed by atoms with van der Waals surface area (Å²) >= 11 is 1.58. The highest BCUT2D eigenvalue weighted by Crippen LogP contribution is 2.26. The third kappa shape index (κ3) is 2.89. The van der Waals surface area contributed by atoms with Crippen LogP contribution in [0.4, 0.5) is 0 Å². The first-order valence-electron chi connectivity index (χ1n) is 5.87. The summed E-state index contributed by atoms with van der Waals surface area (Å²) in [6, 6.07) is 7.98. The van der Waals surface area contributed by atoms with Crippen LogP contribution in [0.5, 0.6) is 5.75 Å². The average Bonchev–Trinajstić information content (AvgIpc) is 2.71. The van der Waals surface area contributed by atoms with Gasteiger partial charge in [-0.05, 0) is 31.5 Å². The van der Waals surface area contributed by atoms with E-state index >= 15 is 0 Å². The lowest BCUT2D eigenvalue weighted by Gasteiger charge is -2.01. The Balaban J connectivity index is 2.15. The molecular formula is C14H17NO2S. The molecular weight excluding hydrogens is 246 g/mol. The van der Waals surface area contributed by atoms with Gasteiger partial charge in [0.2, 0.25) is 0 Å². The summed E-state index contributed by atoms with van der Waals surface area (Å²) in [5.74, 6) is 0.860. The zero-order valence-electron chi connectivity index (χ0n) is 10.8. The Kier molecular flexibility index (Phi) is 3.99. The van der Waals surface area contributed by atoms with Crippen LogP contribution in [0.3, 0.4) is 0 Å². The van der Waals surface area contributed by atoms with Crippen LogP contribution in [-0.2, 0) is 6.42 Å². The van der Waals surface area contributed by atoms with Gasteiger partial charge in [-0.25, -0.2) is 4.98 Å². The highest BCUT2D eigenvalue weighted by Gasteiger charge is 2.12. The first-order chi connectivity index (χ1) is 8.60. The van der Waals surface area contributed by atoms with E-state index in [0.717, 1.165) is 27.7 Å². The Morgan fingerprint density at radius 3 is 2.50 bits per heavy atom. The SMILES string of the molecule is COc1ccc(Cc2nc(C)c(C(C)O)s2)cc1. The van der Waals surface area contributed by atoms with Crippen molar-refractivity contribution in [2.24, 2.45) is 0 Å². The van der Waals surface area contributed by atoms with Crippen molar-refractivity contribution in [3.05, 3.63) is 45.4 Å². The number of benzene rings is 1. The Labute approximate surface area is 111 Å². The van der Waals surface area contributed by atoms with Crippen molar-refractivity contribution in [2.75, 3.05) is 7.11 Å². The molecule has 3 nitrogen and oxygen atoms in total. The predicted octanol–water partition coefficient (Wildman–Crippen LogP) is 3.10. The summed E-state index contributed by atoms with van der Waals surface area (Å²) in [7, 11) is 1.66. The molecule has 0 saturated heterocycles. The van der Waals surface area contributed by atoms with Gasteiger partial charge in [0.15, 0.2) is 0 Å². The topological polar surface area (TPSA) is 42.4 Å². The summed E-state index contributed by atoms with van der Waals surface area (Å²) in [6.07, 6.45) is 0.356. The van der Waals surface area contributed by atoms with Crippen molar-refractivity contribution in [3.8, 4) is 5.75 Å². The van der Waals surface area contributed by atoms with Crippen LogP contribution in [-0.4, -0.2) is 17.2 Å². The van der Waals surface area contributed by atoms with E-state index in [9.17, 15) is 5.11 Å². The molecule has 1 heterocycles. The minimum absolute atomic E-state index is 0.438. The number of methoxy groups -OCH3 is 1. The minimum atomic E-state index is -0.438. The molecule has 2 aromatic rings. The maximum absolute atomic E-state index is 9.61. The molecule has 0 bridgehead atoms. The second-order valence-corrected chi connectivity index (χ2v) is 5.37. The van der Waals surface area contributed by atoms with Crippen LogP contribution >= 0.6 is 11.3 Å². The number of aliphatic hydroxyl groups is 1. The zero-order valence-corrected chi connectivity index (χ0v) is 11.6. The number of ether oxygens (including phenoxy) is 1. The van der Waals surface area contributed by atoms with E-state index in [-0.39, 0.29) is 0 Å². The molecule has 0 aliphatic heterocycles. The summed E-state index contributed by atoms with van der Waals surface area (Å²) < 4.78 is 5.13. The van der Waals surface area contributed by atoms with E-state index in [4.69, 9.17) is 4.74 Å². The number of thiazole rings is 1. The highest BCUT2D eigenvalue weighted by atomic mass is 32.1. The van der Waals surface area contributed by atoms with Crippen molar-refractivity contribution in [1.82, 2.24) is 4.98 Å². The molecule has 4 heteroatoms. The Bertz CT molecular complexity index is 517. The number of hydrogen-bond acceptors (Lipinski definition) is 4. The van der Waals surface area contributed by atoms with Crippen molar-refractivity contribution in [1.29, 1.82) is 0 Å². The first-order valence-corrected chi connectivity index (χ1v) is 6.69. The predicted molar refractivity (Wildman–Crippen MR) is 73.3 cm³/mol. The molecule has 0 amide bonds. The molecule has 1 unspecified atom stereocenters. The third-order valence-corrected chi connectivity index (χ3v) is 4.10. The molecule has 18 heavy (non-hydrogen) atoms. The number of nitrogens with zero attached hydrogens (tertiary/aromatic N) is 1. The smallest absolute Gasteiger partial charge is 0.118 e. The normalized spacial score (nSPS) is 12.4. The molecule has 0 radical (unpaired) electrons. The molecule has 0 fully saturated rings. The van der Waals surface area contributed by atoms with Crippen LogP contribution < -0.4 is 4.74 Å². The van der Waals surface area contributed by atoms with E-state index in [0.29, 0.717) is 0 Å². The van der Waals surface area contributed by atoms with E-state index < -0.39 is 6.10 Å². The van der Waals surface area contributed by atoms with E-state index in [2.05, 4.69) is 4.98 Å². The maximum atomic E-state index is 9.61. The molecule has 1 aromatic carbocycles. The number of rotatable bonds is 4. The lowest BCUT2D eigenvalue weighted by molar-refractivity contribution is 0.202. The fourth-order valence-corrected chi connectivity index (χ4v) is 2.89. The van der Waals surface area contributed by atoms with Crippen molar-refractivity contribution in [2.45, 2.75) is 26.4 Å². The minimum Gasteiger partial charge on any atom is -0.497 e. The van der Waals surface area contributed by atoms with Crippen molar-refractivity contribution >= 4 is 11.3 Å². The summed E-state index contributed by atoms with van der Waals surface area (Å²) in [4.78, 5) is 5.45. The van der Waals surface area contributed by atoms with Crippen LogP contribution in [0.2, 0.25) is 0 Å². The number of aryl methyl sites for hydroxylation is 1. The van der Waals surface area contributed by atoms with Crippen LogP contribution in [0.25, 0.3) is 0 Å². The van der Waals surface area contributed by atoms with Gasteiger partial charge in [-0.1, -0.05) is 12.1 Å². The average molecular weight is 263 g/mol. The van der Waals surface area contributed by atoms with Gasteiger partial charge in [0, 0.05) is 6.42 Å². The second-order valence-electron chi connectivity index (χ2n) is 4.26. The quantitative estimate of drug-likeness (QED) is 0.921. The maximum Gasteiger partial charge on any atom is 0.118 e. The number of hydrogen-bond donors (Lipinski definition) is 1. The second kappa shape index (κ2) is 5.50. The van der Waals surface area contributed by atoms with E-state index in [1.165, 1.54) is 5.56 Å². The molecule has 2 rings (SSSR count). The van der Waals surface area contributed by atoms with Gasteiger partial charge in [0.1, 0.15) is 5.75 Å². The van der Waals surface area contributed by atoms with Crippen LogP contribution in [0, 0.1) is 6.92 Å². The Morgan fingerprint density at radius 1 is 1.33 bits per heavy atom. The molecule has 96 valence electrons. The van der Waals surface area contributed by atoms with Gasteiger partial charge < -0.3 is 9.84 Å². The first kappa shape index (κ1) is 13.1. The molecule has 0 aliphatic carbocycles. The van der Waals surface area contributed by atoms with Gasteiger partial charge in [0.05, 0.1) is 28.8 Å². The molecule has 1 N–H and O–H groups in total. The summed E-state index contributed by atoms with van der Waals surface area (Å²) in [6.45, 7) is 3.72. The van der Waals surface area contributed by atoms with Gasteiger partial charge in [-0.3, -0.25) is 0 Å². The Hall–Kier alpha value is -1.39. The van der Waals surface area contributed by atoms with Gasteiger partial charge >= 0.3 is 0 Å². The largest absolute Gasteiger partial charge is 0.497 e. The lowest BCUT2D eigenvalue weighted by atomic mass is 10.1. The molecule has 1 aromatic heterocycles. The lowest BCUT2D eigenvalue weighted by Crippen LogP contribution is -1.89. The number of aromatic nitrogens is 1. The zero-order chi connectivity index (χ0) is 13.1. The summed E-state index contributed by atoms with van der Waals surface area (Å²) in [5.41, 5.74) is 2.13. The monoisotopic (exact) mass is 263 g/mol. The fraction of sp³-hybridized carbons (Fsp3) is 0.357. The molecule has 0 aliphatic rings. The van der Waals surface area contributed by atoms with Crippen molar-refractivity contribution in [3.63, 3.8) is 0 Å².